The maximum Gasteiger partial charge on any atom is 0.123 e. The molecule has 0 bridgehead atoms. The smallest absolute Gasteiger partial charge is 0.123 e. The standard InChI is InChI=1S/C16H18N4/c1-9-3-5-11(6-4-9)16-19-14-7-12-13(8-15(14)20-16)18-10(2)17-12/h3-8,10,16-20H,1-2H3. The topological polar surface area (TPSA) is 48.1 Å². The molecular weight excluding hydrogens is 248 g/mol. The highest BCUT2D eigenvalue weighted by Gasteiger charge is 2.25. The fourth-order valence-electron chi connectivity index (χ4n) is 2.85. The van der Waals surface area contributed by atoms with Crippen molar-refractivity contribution in [2.24, 2.45) is 0 Å². The quantitative estimate of drug-likeness (QED) is 0.635. The van der Waals surface area contributed by atoms with Crippen molar-refractivity contribution >= 4 is 22.7 Å². The van der Waals surface area contributed by atoms with Gasteiger partial charge in [0.15, 0.2) is 0 Å². The average Bonchev–Trinajstić information content (AvgIpc) is 2.97. The summed E-state index contributed by atoms with van der Waals surface area (Å²) < 4.78 is 0. The van der Waals surface area contributed by atoms with Gasteiger partial charge in [-0.2, -0.15) is 0 Å². The van der Waals surface area contributed by atoms with Crippen molar-refractivity contribution in [1.82, 2.24) is 0 Å². The van der Waals surface area contributed by atoms with Crippen LogP contribution in [0.25, 0.3) is 0 Å². The van der Waals surface area contributed by atoms with E-state index in [1.165, 1.54) is 11.1 Å². The minimum Gasteiger partial charge on any atom is -0.364 e. The molecule has 0 saturated heterocycles. The summed E-state index contributed by atoms with van der Waals surface area (Å²) in [5.74, 6) is 0. The number of benzene rings is 2. The molecule has 4 heteroatoms. The van der Waals surface area contributed by atoms with Gasteiger partial charge in [0.05, 0.1) is 28.9 Å². The van der Waals surface area contributed by atoms with E-state index < -0.39 is 0 Å². The van der Waals surface area contributed by atoms with Gasteiger partial charge in [-0.3, -0.25) is 0 Å². The lowest BCUT2D eigenvalue weighted by atomic mass is 10.1. The monoisotopic (exact) mass is 266 g/mol. The minimum atomic E-state index is 0.144. The third-order valence-electron chi connectivity index (χ3n) is 3.91. The molecule has 2 heterocycles. The van der Waals surface area contributed by atoms with Gasteiger partial charge in [-0.05, 0) is 31.5 Å². The Balaban J connectivity index is 1.63. The van der Waals surface area contributed by atoms with Gasteiger partial charge in [0, 0.05) is 0 Å². The molecule has 2 aromatic carbocycles. The zero-order chi connectivity index (χ0) is 13.7. The zero-order valence-electron chi connectivity index (χ0n) is 11.6. The maximum atomic E-state index is 3.54. The number of aryl methyl sites for hydroxylation is 1. The van der Waals surface area contributed by atoms with Gasteiger partial charge in [-0.15, -0.1) is 0 Å². The molecule has 2 aliphatic heterocycles. The first-order valence-electron chi connectivity index (χ1n) is 7.00. The molecule has 0 atom stereocenters. The summed E-state index contributed by atoms with van der Waals surface area (Å²) in [5.41, 5.74) is 7.16. The molecule has 0 aromatic heterocycles. The first-order chi connectivity index (χ1) is 9.69. The van der Waals surface area contributed by atoms with Crippen LogP contribution in [0.3, 0.4) is 0 Å². The van der Waals surface area contributed by atoms with E-state index in [1.807, 2.05) is 0 Å². The Bertz CT molecular complexity index is 628. The van der Waals surface area contributed by atoms with Gasteiger partial charge in [0.25, 0.3) is 0 Å². The molecule has 2 aliphatic rings. The molecular formula is C16H18N4. The Morgan fingerprint density at radius 2 is 1.25 bits per heavy atom. The Morgan fingerprint density at radius 3 is 1.80 bits per heavy atom. The number of anilines is 4. The molecule has 0 unspecified atom stereocenters. The van der Waals surface area contributed by atoms with Crippen LogP contribution in [0.4, 0.5) is 22.7 Å². The molecule has 2 aromatic rings. The third kappa shape index (κ3) is 1.76. The first kappa shape index (κ1) is 11.5. The Morgan fingerprint density at radius 1 is 0.750 bits per heavy atom. The van der Waals surface area contributed by atoms with E-state index in [2.05, 4.69) is 71.5 Å². The summed E-state index contributed by atoms with van der Waals surface area (Å²) in [6.07, 6.45) is 0.436. The summed E-state index contributed by atoms with van der Waals surface area (Å²) in [6.45, 7) is 4.22. The third-order valence-corrected chi connectivity index (χ3v) is 3.91. The first-order valence-corrected chi connectivity index (χ1v) is 7.00. The molecule has 4 nitrogen and oxygen atoms in total. The van der Waals surface area contributed by atoms with E-state index in [-0.39, 0.29) is 6.17 Å². The van der Waals surface area contributed by atoms with Crippen molar-refractivity contribution in [2.45, 2.75) is 26.2 Å². The van der Waals surface area contributed by atoms with Crippen molar-refractivity contribution in [3.63, 3.8) is 0 Å². The molecule has 20 heavy (non-hydrogen) atoms. The van der Waals surface area contributed by atoms with Crippen molar-refractivity contribution in [1.29, 1.82) is 0 Å². The van der Waals surface area contributed by atoms with E-state index in [0.29, 0.717) is 6.17 Å². The molecule has 0 amide bonds. The van der Waals surface area contributed by atoms with E-state index in [4.69, 9.17) is 0 Å². The normalized spacial score (nSPS) is 16.7. The van der Waals surface area contributed by atoms with Crippen molar-refractivity contribution < 1.29 is 0 Å². The van der Waals surface area contributed by atoms with Gasteiger partial charge in [-0.25, -0.2) is 0 Å². The molecule has 4 rings (SSSR count). The van der Waals surface area contributed by atoms with Gasteiger partial charge in [0.2, 0.25) is 0 Å². The predicted octanol–water partition coefficient (Wildman–Crippen LogP) is 3.71. The van der Waals surface area contributed by atoms with Crippen molar-refractivity contribution in [2.75, 3.05) is 21.3 Å². The van der Waals surface area contributed by atoms with E-state index >= 15 is 0 Å². The molecule has 0 spiro atoms. The Hall–Kier alpha value is -2.36. The summed E-state index contributed by atoms with van der Waals surface area (Å²) in [4.78, 5) is 0. The minimum absolute atomic E-state index is 0.144. The highest BCUT2D eigenvalue weighted by Crippen LogP contribution is 2.42. The number of hydrogen-bond donors (Lipinski definition) is 4. The average molecular weight is 266 g/mol. The molecule has 0 fully saturated rings. The van der Waals surface area contributed by atoms with Crippen LogP contribution in [0, 0.1) is 6.92 Å². The summed E-state index contributed by atoms with van der Waals surface area (Å²) in [7, 11) is 0. The highest BCUT2D eigenvalue weighted by molar-refractivity contribution is 5.88. The number of rotatable bonds is 1. The van der Waals surface area contributed by atoms with Crippen LogP contribution in [-0.2, 0) is 0 Å². The zero-order valence-corrected chi connectivity index (χ0v) is 11.6. The van der Waals surface area contributed by atoms with Crippen molar-refractivity contribution in [3.8, 4) is 0 Å². The lowest BCUT2D eigenvalue weighted by molar-refractivity contribution is 0.938. The number of nitrogens with one attached hydrogen (secondary N) is 4. The van der Waals surface area contributed by atoms with E-state index in [9.17, 15) is 0 Å². The van der Waals surface area contributed by atoms with Gasteiger partial charge in [-0.1, -0.05) is 29.8 Å². The molecule has 0 radical (unpaired) electrons. The fourth-order valence-corrected chi connectivity index (χ4v) is 2.85. The molecule has 0 aliphatic carbocycles. The van der Waals surface area contributed by atoms with Crippen LogP contribution < -0.4 is 21.3 Å². The second kappa shape index (κ2) is 4.07. The summed E-state index contributed by atoms with van der Waals surface area (Å²) in [6, 6.07) is 13.0. The highest BCUT2D eigenvalue weighted by atomic mass is 15.2. The van der Waals surface area contributed by atoms with Crippen LogP contribution >= 0.6 is 0 Å². The lowest BCUT2D eigenvalue weighted by Crippen LogP contribution is -2.16. The SMILES string of the molecule is Cc1ccc(C2Nc3cc4c(cc3N2)NC(C)N4)cc1. The van der Waals surface area contributed by atoms with Crippen LogP contribution in [-0.4, -0.2) is 6.17 Å². The maximum absolute atomic E-state index is 3.54. The summed E-state index contributed by atoms with van der Waals surface area (Å²) >= 11 is 0. The Kier molecular flexibility index (Phi) is 2.33. The van der Waals surface area contributed by atoms with Crippen LogP contribution in [0.5, 0.6) is 0 Å². The summed E-state index contributed by atoms with van der Waals surface area (Å²) in [5, 5.41) is 13.9. The van der Waals surface area contributed by atoms with Crippen molar-refractivity contribution in [3.05, 3.63) is 47.5 Å². The largest absolute Gasteiger partial charge is 0.364 e. The molecule has 0 saturated carbocycles. The van der Waals surface area contributed by atoms with Gasteiger partial charge < -0.3 is 21.3 Å². The predicted molar refractivity (Wildman–Crippen MR) is 84.3 cm³/mol. The van der Waals surface area contributed by atoms with Crippen LogP contribution in [0.2, 0.25) is 0 Å². The molecule has 102 valence electrons. The van der Waals surface area contributed by atoms with E-state index in [1.54, 1.807) is 0 Å². The van der Waals surface area contributed by atoms with Crippen LogP contribution in [0.1, 0.15) is 24.2 Å². The van der Waals surface area contributed by atoms with Crippen LogP contribution in [0.15, 0.2) is 36.4 Å². The number of fused-ring (bicyclic) bond motifs is 2. The van der Waals surface area contributed by atoms with Gasteiger partial charge in [0.1, 0.15) is 6.17 Å². The Labute approximate surface area is 118 Å². The fraction of sp³-hybridized carbons (Fsp3) is 0.250. The lowest BCUT2D eigenvalue weighted by Gasteiger charge is -2.12. The molecule has 4 N–H and O–H groups in total. The second-order valence-corrected chi connectivity index (χ2v) is 5.59. The van der Waals surface area contributed by atoms with Gasteiger partial charge >= 0.3 is 0 Å². The number of hydrogen-bond acceptors (Lipinski definition) is 4. The second-order valence-electron chi connectivity index (χ2n) is 5.59. The van der Waals surface area contributed by atoms with E-state index in [0.717, 1.165) is 22.7 Å².